The van der Waals surface area contributed by atoms with Crippen LogP contribution in [0.15, 0.2) is 97.1 Å². The molecule has 0 bridgehead atoms. The summed E-state index contributed by atoms with van der Waals surface area (Å²) in [5, 5.41) is 7.69. The normalized spacial score (nSPS) is 11.2. The van der Waals surface area contributed by atoms with Gasteiger partial charge in [0.1, 0.15) is 0 Å². The van der Waals surface area contributed by atoms with E-state index in [2.05, 4.69) is 146 Å². The third-order valence-corrected chi connectivity index (χ3v) is 9.64. The SMILES string of the molecule is CC(C)(C)P(c1cc2ccccc2[cH-]1)C(C)(C)C.Cc1cc2c(-c3ccccc3)cccc2[cH-]1.[Cl-].[Cl-].[Ti+4]. The number of aryl methyl sites for hydroxylation is 1. The van der Waals surface area contributed by atoms with Crippen LogP contribution >= 0.6 is 7.92 Å². The molecule has 4 heteroatoms. The van der Waals surface area contributed by atoms with Gasteiger partial charge in [-0.05, 0) is 15.9 Å². The molecule has 0 nitrogen and oxygen atoms in total. The largest absolute Gasteiger partial charge is 4.00 e. The molecule has 0 aliphatic carbocycles. The first kappa shape index (κ1) is 33.6. The number of hydrogen-bond acceptors (Lipinski definition) is 0. The molecule has 0 N–H and O–H groups in total. The van der Waals surface area contributed by atoms with E-state index in [1.807, 2.05) is 0 Å². The van der Waals surface area contributed by atoms with Crippen LogP contribution in [0, 0.1) is 6.92 Å². The van der Waals surface area contributed by atoms with E-state index in [1.54, 1.807) is 5.30 Å². The molecule has 0 aromatic heterocycles. The summed E-state index contributed by atoms with van der Waals surface area (Å²) in [4.78, 5) is 0. The Morgan fingerprint density at radius 2 is 1.19 bits per heavy atom. The molecule has 0 heterocycles. The average molecular weight is 583 g/mol. The van der Waals surface area contributed by atoms with Crippen molar-refractivity contribution in [2.75, 3.05) is 0 Å². The van der Waals surface area contributed by atoms with Gasteiger partial charge in [-0.3, -0.25) is 0 Å². The van der Waals surface area contributed by atoms with Crippen LogP contribution in [0.4, 0.5) is 0 Å². The van der Waals surface area contributed by atoms with Gasteiger partial charge in [0.2, 0.25) is 0 Å². The summed E-state index contributed by atoms with van der Waals surface area (Å²) < 4.78 is 0. The summed E-state index contributed by atoms with van der Waals surface area (Å²) in [6.45, 7) is 16.4. The fraction of sp³-hybridized carbons (Fsp3) is 0.273. The van der Waals surface area contributed by atoms with Crippen molar-refractivity contribution in [2.24, 2.45) is 0 Å². The smallest absolute Gasteiger partial charge is 1.00 e. The van der Waals surface area contributed by atoms with E-state index in [9.17, 15) is 0 Å². The summed E-state index contributed by atoms with van der Waals surface area (Å²) in [5.74, 6) is 0. The van der Waals surface area contributed by atoms with Crippen LogP contribution in [-0.4, -0.2) is 10.3 Å². The van der Waals surface area contributed by atoms with Gasteiger partial charge in [-0.2, -0.15) is 12.1 Å². The number of hydrogen-bond donors (Lipinski definition) is 0. The van der Waals surface area contributed by atoms with Crippen LogP contribution in [0.2, 0.25) is 0 Å². The van der Waals surface area contributed by atoms with Crippen molar-refractivity contribution in [1.82, 2.24) is 0 Å². The Hall–Kier alpha value is -1.40. The maximum atomic E-state index is 2.40. The van der Waals surface area contributed by atoms with E-state index < -0.39 is 0 Å². The molecule has 37 heavy (non-hydrogen) atoms. The molecule has 5 aromatic carbocycles. The molecular formula is C33H37Cl2PTi. The maximum absolute atomic E-state index is 2.40. The van der Waals surface area contributed by atoms with E-state index in [-0.39, 0.29) is 54.5 Å². The van der Waals surface area contributed by atoms with Crippen molar-refractivity contribution < 1.29 is 46.5 Å². The molecular weight excluding hydrogens is 546 g/mol. The van der Waals surface area contributed by atoms with Crippen LogP contribution in [0.25, 0.3) is 32.7 Å². The van der Waals surface area contributed by atoms with Crippen molar-refractivity contribution in [3.05, 3.63) is 103 Å². The zero-order valence-corrected chi connectivity index (χ0v) is 26.9. The van der Waals surface area contributed by atoms with Gasteiger partial charge in [-0.25, -0.2) is 0 Å². The summed E-state index contributed by atoms with van der Waals surface area (Å²) >= 11 is 0. The number of rotatable bonds is 2. The Balaban J connectivity index is 0.000000344. The average Bonchev–Trinajstić information content (AvgIpc) is 3.34. The van der Waals surface area contributed by atoms with Crippen molar-refractivity contribution >= 4 is 34.8 Å². The summed E-state index contributed by atoms with van der Waals surface area (Å²) in [7, 11) is -0.185. The molecule has 5 rings (SSSR count). The zero-order valence-electron chi connectivity index (χ0n) is 22.9. The van der Waals surface area contributed by atoms with Gasteiger partial charge in [0, 0.05) is 0 Å². The Morgan fingerprint density at radius 3 is 1.78 bits per heavy atom. The van der Waals surface area contributed by atoms with Crippen molar-refractivity contribution in [3.8, 4) is 11.1 Å². The third-order valence-electron chi connectivity index (χ3n) is 6.18. The van der Waals surface area contributed by atoms with Crippen LogP contribution < -0.4 is 30.1 Å². The minimum atomic E-state index is -0.185. The van der Waals surface area contributed by atoms with Crippen LogP contribution in [0.1, 0.15) is 47.1 Å². The van der Waals surface area contributed by atoms with Gasteiger partial charge >= 0.3 is 21.7 Å². The standard InChI is InChI=1S/C17H24P.C16H13.2ClH.Ti/c1-16(2,3)18(17(4,5)6)15-11-13-9-7-8-10-14(13)12-15;1-12-10-14-8-5-9-15(16(14)11-12)13-6-3-2-4-7-13;;;/h7-12H,1-6H3;2-11H,1H3;2*1H;/q2*-1;;;+4/p-2. The molecule has 0 fully saturated rings. The second-order valence-electron chi connectivity index (χ2n) is 11.2. The van der Waals surface area contributed by atoms with Gasteiger partial charge in [0.05, 0.1) is 0 Å². The van der Waals surface area contributed by atoms with E-state index >= 15 is 0 Å². The number of fused-ring (bicyclic) bond motifs is 2. The van der Waals surface area contributed by atoms with Crippen LogP contribution in [0.3, 0.4) is 0 Å². The summed E-state index contributed by atoms with van der Waals surface area (Å²) in [6.07, 6.45) is 0. The molecule has 0 spiro atoms. The van der Waals surface area contributed by atoms with E-state index in [0.717, 1.165) is 0 Å². The number of halogens is 2. The predicted molar refractivity (Wildman–Crippen MR) is 155 cm³/mol. The molecule has 0 saturated carbocycles. The molecule has 0 radical (unpaired) electrons. The molecule has 0 atom stereocenters. The fourth-order valence-corrected chi connectivity index (χ4v) is 9.40. The Morgan fingerprint density at radius 1 is 0.622 bits per heavy atom. The van der Waals surface area contributed by atoms with Crippen molar-refractivity contribution in [1.29, 1.82) is 0 Å². The van der Waals surface area contributed by atoms with E-state index in [1.165, 1.54) is 38.2 Å². The molecule has 0 aliphatic heterocycles. The van der Waals surface area contributed by atoms with Crippen molar-refractivity contribution in [3.63, 3.8) is 0 Å². The van der Waals surface area contributed by atoms with Gasteiger partial charge < -0.3 is 24.8 Å². The first-order chi connectivity index (χ1) is 16.0. The van der Waals surface area contributed by atoms with E-state index in [0.29, 0.717) is 10.3 Å². The van der Waals surface area contributed by atoms with Gasteiger partial charge in [-0.1, -0.05) is 104 Å². The molecule has 0 amide bonds. The van der Waals surface area contributed by atoms with Crippen molar-refractivity contribution in [2.45, 2.75) is 58.8 Å². The first-order valence-corrected chi connectivity index (χ1v) is 13.6. The summed E-state index contributed by atoms with van der Waals surface area (Å²) in [6, 6.07) is 35.0. The Bertz CT molecular complexity index is 1340. The van der Waals surface area contributed by atoms with Gasteiger partial charge in [0.15, 0.2) is 0 Å². The van der Waals surface area contributed by atoms with E-state index in [4.69, 9.17) is 0 Å². The fourth-order valence-electron chi connectivity index (χ4n) is 5.30. The van der Waals surface area contributed by atoms with Gasteiger partial charge in [0.25, 0.3) is 0 Å². The topological polar surface area (TPSA) is 0 Å². The molecule has 0 aliphatic rings. The molecule has 5 aromatic rings. The summed E-state index contributed by atoms with van der Waals surface area (Å²) in [5.41, 5.74) is 3.95. The van der Waals surface area contributed by atoms with Gasteiger partial charge in [-0.15, -0.1) is 74.9 Å². The maximum Gasteiger partial charge on any atom is 4.00 e. The first-order valence-electron chi connectivity index (χ1n) is 12.2. The predicted octanol–water partition coefficient (Wildman–Crippen LogP) is 3.80. The Labute approximate surface area is 252 Å². The number of benzene rings is 3. The second-order valence-corrected chi connectivity index (χ2v) is 15.1. The third kappa shape index (κ3) is 8.05. The Kier molecular flexibility index (Phi) is 12.4. The second kappa shape index (κ2) is 13.6. The van der Waals surface area contributed by atoms with Crippen LogP contribution in [-0.2, 0) is 21.7 Å². The quantitative estimate of drug-likeness (QED) is 0.169. The molecule has 0 saturated heterocycles. The molecule has 192 valence electrons. The monoisotopic (exact) mass is 582 g/mol. The minimum Gasteiger partial charge on any atom is -1.00 e. The minimum absolute atomic E-state index is 0. The zero-order chi connectivity index (χ0) is 24.5. The molecule has 0 unspecified atom stereocenters. The van der Waals surface area contributed by atoms with Crippen LogP contribution in [0.5, 0.6) is 0 Å².